The minimum Gasteiger partial charge on any atom is -0.459 e. The third-order valence-electron chi connectivity index (χ3n) is 7.64. The molecule has 46 heavy (non-hydrogen) atoms. The van der Waals surface area contributed by atoms with Crippen molar-refractivity contribution < 1.29 is 33.6 Å². The van der Waals surface area contributed by atoms with Crippen molar-refractivity contribution in [2.45, 2.75) is 88.2 Å². The maximum absolute atomic E-state index is 13.3. The number of aliphatic hydroxyl groups is 1. The summed E-state index contributed by atoms with van der Waals surface area (Å²) in [4.78, 5) is 35.1. The number of benzene rings is 2. The van der Waals surface area contributed by atoms with Crippen LogP contribution in [0.5, 0.6) is 0 Å². The summed E-state index contributed by atoms with van der Waals surface area (Å²) in [6, 6.07) is 15.7. The molecule has 1 saturated heterocycles. The van der Waals surface area contributed by atoms with Crippen LogP contribution in [0.25, 0.3) is 31.3 Å². The average molecular weight is 635 g/mol. The number of nitrogens with zero attached hydrogens (tertiary/aromatic N) is 10. The molecule has 0 radical (unpaired) electrons. The van der Waals surface area contributed by atoms with Gasteiger partial charge in [0.1, 0.15) is 18.8 Å². The molecule has 0 bridgehead atoms. The van der Waals surface area contributed by atoms with Crippen molar-refractivity contribution in [2.24, 2.45) is 15.3 Å². The predicted molar refractivity (Wildman–Crippen MR) is 161 cm³/mol. The molecule has 1 heterocycles. The van der Waals surface area contributed by atoms with E-state index in [1.54, 1.807) is 0 Å². The van der Waals surface area contributed by atoms with Gasteiger partial charge in [-0.2, -0.15) is 0 Å². The molecule has 17 heteroatoms. The Bertz CT molecular complexity index is 1470. The lowest BCUT2D eigenvalue weighted by molar-refractivity contribution is -0.256. The van der Waals surface area contributed by atoms with E-state index in [-0.39, 0.29) is 26.1 Å². The number of carbonyl (C=O) groups excluding carboxylic acids is 2. The minimum atomic E-state index is -1.60. The Hall–Kier alpha value is -5.01. The quantitative estimate of drug-likeness (QED) is 0.137. The molecule has 8 atom stereocenters. The van der Waals surface area contributed by atoms with Crippen molar-refractivity contribution in [3.05, 3.63) is 103 Å². The van der Waals surface area contributed by atoms with Crippen LogP contribution >= 0.6 is 0 Å². The van der Waals surface area contributed by atoms with E-state index in [1.807, 2.05) is 60.7 Å². The lowest BCUT2D eigenvalue weighted by Crippen LogP contribution is -2.59. The Morgan fingerprint density at radius 1 is 0.891 bits per heavy atom. The van der Waals surface area contributed by atoms with Crippen LogP contribution in [0.3, 0.4) is 0 Å². The molecule has 1 saturated carbocycles. The first kappa shape index (κ1) is 33.9. The molecule has 4 rings (SSSR count). The van der Waals surface area contributed by atoms with Crippen molar-refractivity contribution in [1.29, 1.82) is 0 Å². The van der Waals surface area contributed by atoms with Gasteiger partial charge in [0.2, 0.25) is 0 Å². The van der Waals surface area contributed by atoms with Crippen molar-refractivity contribution in [3.63, 3.8) is 0 Å². The normalized spacial score (nSPS) is 27.1. The summed E-state index contributed by atoms with van der Waals surface area (Å²) in [5.41, 5.74) is 29.1. The van der Waals surface area contributed by atoms with Crippen LogP contribution in [0.4, 0.5) is 4.79 Å². The SMILES string of the molecule is CC(=O)O[C@@H]1[C@@H](O)[C@H](O[C@H]2O[C@H](CN(Cc3ccccc3)C(=O)OCc3ccccc3)CC[C@H]2N=[N+]=[N-])[C@@H](N=[N+]=[N-])C[C@H]1N=[N+]=[N-]. The van der Waals surface area contributed by atoms with Gasteiger partial charge in [0.15, 0.2) is 6.29 Å². The highest BCUT2D eigenvalue weighted by molar-refractivity contribution is 5.67. The second kappa shape index (κ2) is 16.9. The smallest absolute Gasteiger partial charge is 0.410 e. The van der Waals surface area contributed by atoms with Gasteiger partial charge in [-0.1, -0.05) is 76.0 Å². The van der Waals surface area contributed by atoms with Crippen molar-refractivity contribution >= 4 is 12.1 Å². The number of esters is 1. The molecule has 1 amide bonds. The van der Waals surface area contributed by atoms with E-state index in [0.717, 1.165) is 18.1 Å². The van der Waals surface area contributed by atoms with Gasteiger partial charge in [-0.05, 0) is 47.0 Å². The molecule has 0 spiro atoms. The fourth-order valence-corrected chi connectivity index (χ4v) is 5.52. The number of hydrogen-bond acceptors (Lipinski definition) is 10. The van der Waals surface area contributed by atoms with Crippen molar-refractivity contribution in [1.82, 2.24) is 4.90 Å². The molecule has 2 aliphatic rings. The molecule has 1 N–H and O–H groups in total. The van der Waals surface area contributed by atoms with Crippen LogP contribution in [0.1, 0.15) is 37.3 Å². The fraction of sp³-hybridized carbons (Fsp3) is 0.517. The fourth-order valence-electron chi connectivity index (χ4n) is 5.52. The topological polar surface area (TPSA) is 241 Å². The van der Waals surface area contributed by atoms with Gasteiger partial charge in [-0.15, -0.1) is 0 Å². The predicted octanol–water partition coefficient (Wildman–Crippen LogP) is 5.45. The number of aliphatic hydroxyl groups excluding tert-OH is 1. The molecular weight excluding hydrogens is 600 g/mol. The van der Waals surface area contributed by atoms with E-state index in [1.165, 1.54) is 4.90 Å². The molecule has 2 aromatic rings. The standard InChI is InChI=1S/C29H34N10O7/c1-18(40)44-26-23(34-37-31)14-24(35-38-32)27(25(26)41)46-28-22(33-36-30)13-12-21(45-28)16-39(15-19-8-4-2-5-9-19)29(42)43-17-20-10-6-3-7-11-20/h2-11,21-28,41H,12-17H2,1H3/t21-,22+,23+,24-,25+,26-,27+,28+/m0/s1. The summed E-state index contributed by atoms with van der Waals surface area (Å²) >= 11 is 0. The molecular formula is C29H34N10O7. The van der Waals surface area contributed by atoms with E-state index >= 15 is 0 Å². The van der Waals surface area contributed by atoms with Crippen molar-refractivity contribution in [3.8, 4) is 0 Å². The first-order valence-corrected chi connectivity index (χ1v) is 14.6. The maximum atomic E-state index is 13.3. The van der Waals surface area contributed by atoms with Crippen molar-refractivity contribution in [2.75, 3.05) is 6.54 Å². The Labute approximate surface area is 263 Å². The Balaban J connectivity index is 1.54. The largest absolute Gasteiger partial charge is 0.459 e. The van der Waals surface area contributed by atoms with Gasteiger partial charge in [0.05, 0.1) is 36.9 Å². The van der Waals surface area contributed by atoms with Crippen LogP contribution in [0.2, 0.25) is 0 Å². The Morgan fingerprint density at radius 2 is 1.48 bits per heavy atom. The van der Waals surface area contributed by atoms with Gasteiger partial charge in [-0.25, -0.2) is 4.79 Å². The third-order valence-corrected chi connectivity index (χ3v) is 7.64. The maximum Gasteiger partial charge on any atom is 0.410 e. The zero-order chi connectivity index (χ0) is 32.9. The third kappa shape index (κ3) is 9.25. The Kier molecular flexibility index (Phi) is 12.4. The van der Waals surface area contributed by atoms with E-state index in [0.29, 0.717) is 12.8 Å². The van der Waals surface area contributed by atoms with Crippen LogP contribution in [-0.2, 0) is 36.9 Å². The molecule has 2 aromatic carbocycles. The number of rotatable bonds is 12. The van der Waals surface area contributed by atoms with E-state index < -0.39 is 60.9 Å². The lowest BCUT2D eigenvalue weighted by atomic mass is 9.84. The number of azide groups is 3. The summed E-state index contributed by atoms with van der Waals surface area (Å²) < 4.78 is 23.2. The molecule has 17 nitrogen and oxygen atoms in total. The van der Waals surface area contributed by atoms with Crippen LogP contribution in [0, 0.1) is 0 Å². The summed E-state index contributed by atoms with van der Waals surface area (Å²) in [6.07, 6.45) is -6.01. The molecule has 0 unspecified atom stereocenters. The summed E-state index contributed by atoms with van der Waals surface area (Å²) in [7, 11) is 0. The van der Waals surface area contributed by atoms with Crippen LogP contribution in [0.15, 0.2) is 76.0 Å². The molecule has 242 valence electrons. The summed E-state index contributed by atoms with van der Waals surface area (Å²) in [6.45, 7) is 1.52. The van der Waals surface area contributed by atoms with Gasteiger partial charge >= 0.3 is 12.1 Å². The second-order valence-electron chi connectivity index (χ2n) is 10.8. The average Bonchev–Trinajstić information content (AvgIpc) is 3.05. The van der Waals surface area contributed by atoms with Crippen LogP contribution < -0.4 is 0 Å². The molecule has 1 aliphatic heterocycles. The van der Waals surface area contributed by atoms with Gasteiger partial charge in [0, 0.05) is 28.2 Å². The lowest BCUT2D eigenvalue weighted by Gasteiger charge is -2.44. The molecule has 1 aliphatic carbocycles. The van der Waals surface area contributed by atoms with Gasteiger partial charge < -0.3 is 29.0 Å². The number of carbonyl (C=O) groups is 2. The van der Waals surface area contributed by atoms with E-state index in [2.05, 4.69) is 30.1 Å². The zero-order valence-corrected chi connectivity index (χ0v) is 25.0. The van der Waals surface area contributed by atoms with E-state index in [9.17, 15) is 25.8 Å². The monoisotopic (exact) mass is 634 g/mol. The van der Waals surface area contributed by atoms with Crippen LogP contribution in [-0.4, -0.2) is 77.4 Å². The second-order valence-corrected chi connectivity index (χ2v) is 10.8. The zero-order valence-electron chi connectivity index (χ0n) is 25.0. The number of amides is 1. The van der Waals surface area contributed by atoms with Gasteiger partial charge in [0.25, 0.3) is 0 Å². The first-order valence-electron chi connectivity index (χ1n) is 14.6. The minimum absolute atomic E-state index is 0.0713. The molecule has 2 fully saturated rings. The number of hydrogen-bond donors (Lipinski definition) is 1. The highest BCUT2D eigenvalue weighted by Gasteiger charge is 2.48. The highest BCUT2D eigenvalue weighted by atomic mass is 16.7. The summed E-state index contributed by atoms with van der Waals surface area (Å²) in [5, 5.41) is 22.4. The summed E-state index contributed by atoms with van der Waals surface area (Å²) in [5.74, 6) is -0.734. The van der Waals surface area contributed by atoms with E-state index in [4.69, 9.17) is 24.5 Å². The molecule has 0 aromatic heterocycles. The van der Waals surface area contributed by atoms with Gasteiger partial charge in [-0.3, -0.25) is 4.79 Å². The number of ether oxygens (including phenoxy) is 4. The highest BCUT2D eigenvalue weighted by Crippen LogP contribution is 2.34. The first-order chi connectivity index (χ1) is 22.3. The Morgan fingerprint density at radius 3 is 2.09 bits per heavy atom.